The number of hydrogen-bond acceptors (Lipinski definition) is 2. The molecule has 1 aromatic carbocycles. The first-order valence-corrected chi connectivity index (χ1v) is 4.64. The van der Waals surface area contributed by atoms with Crippen molar-refractivity contribution in [3.8, 4) is 5.75 Å². The maximum absolute atomic E-state index is 12.0. The molecule has 0 atom stereocenters. The topological polar surface area (TPSA) is 35.2 Å². The predicted molar refractivity (Wildman–Crippen MR) is 52.1 cm³/mol. The van der Waals surface area contributed by atoms with Crippen LogP contribution in [0.5, 0.6) is 5.75 Å². The van der Waals surface area contributed by atoms with Crippen molar-refractivity contribution in [1.82, 2.24) is 0 Å². The van der Waals surface area contributed by atoms with Crippen molar-refractivity contribution in [3.05, 3.63) is 22.7 Å². The summed E-state index contributed by atoms with van der Waals surface area (Å²) in [6.45, 7) is 0. The molecule has 0 aromatic heterocycles. The van der Waals surface area contributed by atoms with Gasteiger partial charge in [0, 0.05) is 10.6 Å². The first kappa shape index (κ1) is 12.3. The van der Waals surface area contributed by atoms with Gasteiger partial charge in [0.1, 0.15) is 0 Å². The Morgan fingerprint density at radius 1 is 1.33 bits per heavy atom. The quantitative estimate of drug-likeness (QED) is 0.651. The number of halogens is 5. The summed E-state index contributed by atoms with van der Waals surface area (Å²) in [6, 6.07) is 2.44. The predicted octanol–water partition coefficient (Wildman–Crippen LogP) is 3.56. The molecule has 2 nitrogen and oxygen atoms in total. The number of rotatable bonds is 2. The van der Waals surface area contributed by atoms with Crippen LogP contribution in [0.2, 0.25) is 5.02 Å². The molecule has 0 aliphatic rings. The van der Waals surface area contributed by atoms with Gasteiger partial charge in [0.25, 0.3) is 0 Å². The normalized spacial score (nSPS) is 11.5. The fourth-order valence-corrected chi connectivity index (χ4v) is 1.46. The smallest absolute Gasteiger partial charge is 0.403 e. The molecule has 1 aromatic rings. The fourth-order valence-electron chi connectivity index (χ4n) is 1.01. The summed E-state index contributed by atoms with van der Waals surface area (Å²) in [5, 5.41) is 0.206. The van der Waals surface area contributed by atoms with Gasteiger partial charge in [0.15, 0.2) is 5.75 Å². The molecule has 0 aliphatic heterocycles. The molecule has 0 aliphatic carbocycles. The molecule has 0 radical (unpaired) electrons. The fraction of sp³-hybridized carbons (Fsp3) is 0.250. The summed E-state index contributed by atoms with van der Waals surface area (Å²) in [5.41, 5.74) is 5.23. The van der Waals surface area contributed by atoms with Gasteiger partial charge >= 0.3 is 6.36 Å². The molecule has 0 saturated carbocycles. The minimum absolute atomic E-state index is 0.0963. The average Bonchev–Trinajstić information content (AvgIpc) is 2.07. The molecule has 0 spiro atoms. The van der Waals surface area contributed by atoms with Gasteiger partial charge < -0.3 is 10.5 Å². The molecule has 1 rings (SSSR count). The van der Waals surface area contributed by atoms with Crippen LogP contribution in [0.25, 0.3) is 0 Å². The number of alkyl halides is 4. The van der Waals surface area contributed by atoms with E-state index in [1.807, 2.05) is 0 Å². The highest BCUT2D eigenvalue weighted by atomic mass is 35.5. The molecule has 2 N–H and O–H groups in total. The molecule has 0 saturated heterocycles. The van der Waals surface area contributed by atoms with E-state index in [0.717, 1.165) is 0 Å². The highest BCUT2D eigenvalue weighted by Gasteiger charge is 2.33. The van der Waals surface area contributed by atoms with Crippen LogP contribution in [0, 0.1) is 0 Å². The second-order valence-electron chi connectivity index (χ2n) is 2.66. The summed E-state index contributed by atoms with van der Waals surface area (Å²) >= 11 is 11.0. The molecule has 0 heterocycles. The average molecular weight is 260 g/mol. The highest BCUT2D eigenvalue weighted by molar-refractivity contribution is 6.31. The number of nitrogen functional groups attached to an aromatic ring is 1. The number of hydrogen-bond donors (Lipinski definition) is 1. The minimum atomic E-state index is -4.80. The van der Waals surface area contributed by atoms with Gasteiger partial charge in [-0.2, -0.15) is 0 Å². The van der Waals surface area contributed by atoms with E-state index in [-0.39, 0.29) is 22.2 Å². The first-order valence-electron chi connectivity index (χ1n) is 3.73. The molecule has 15 heavy (non-hydrogen) atoms. The molecule has 0 amide bonds. The number of nitrogens with two attached hydrogens (primary N) is 1. The van der Waals surface area contributed by atoms with Gasteiger partial charge in [-0.1, -0.05) is 11.6 Å². The Hall–Kier alpha value is -0.810. The van der Waals surface area contributed by atoms with E-state index in [4.69, 9.17) is 28.9 Å². The summed E-state index contributed by atoms with van der Waals surface area (Å²) < 4.78 is 39.7. The monoisotopic (exact) mass is 259 g/mol. The Labute approximate surface area is 93.7 Å². The molecule has 84 valence electrons. The number of benzene rings is 1. The van der Waals surface area contributed by atoms with Crippen molar-refractivity contribution in [2.45, 2.75) is 12.2 Å². The van der Waals surface area contributed by atoms with Gasteiger partial charge in [0.2, 0.25) is 0 Å². The van der Waals surface area contributed by atoms with Crippen LogP contribution in [0.15, 0.2) is 12.1 Å². The molecular weight excluding hydrogens is 254 g/mol. The molecule has 0 unspecified atom stereocenters. The Kier molecular flexibility index (Phi) is 3.57. The molecule has 0 fully saturated rings. The lowest BCUT2D eigenvalue weighted by atomic mass is 10.2. The van der Waals surface area contributed by atoms with Crippen LogP contribution in [0.4, 0.5) is 18.9 Å². The lowest BCUT2D eigenvalue weighted by molar-refractivity contribution is -0.274. The van der Waals surface area contributed by atoms with Crippen LogP contribution < -0.4 is 10.5 Å². The standard InChI is InChI=1S/C8H6Cl2F3NO/c9-3-4-1-5(10)2-6(14)7(4)15-8(11,12)13/h1-2H,3,14H2. The zero-order valence-electron chi connectivity index (χ0n) is 7.24. The van der Waals surface area contributed by atoms with Crippen LogP contribution in [0.3, 0.4) is 0 Å². The van der Waals surface area contributed by atoms with Crippen LogP contribution >= 0.6 is 23.2 Å². The van der Waals surface area contributed by atoms with Crippen LogP contribution in [-0.4, -0.2) is 6.36 Å². The summed E-state index contributed by atoms with van der Waals surface area (Å²) in [5.74, 6) is -0.669. The van der Waals surface area contributed by atoms with Crippen molar-refractivity contribution in [2.24, 2.45) is 0 Å². The van der Waals surface area contributed by atoms with E-state index in [0.29, 0.717) is 0 Å². The van der Waals surface area contributed by atoms with Crippen molar-refractivity contribution in [2.75, 3.05) is 5.73 Å². The Bertz CT molecular complexity index is 368. The van der Waals surface area contributed by atoms with E-state index in [1.54, 1.807) is 0 Å². The van der Waals surface area contributed by atoms with E-state index >= 15 is 0 Å². The lowest BCUT2D eigenvalue weighted by Crippen LogP contribution is -2.19. The van der Waals surface area contributed by atoms with E-state index in [1.165, 1.54) is 12.1 Å². The maximum atomic E-state index is 12.0. The second-order valence-corrected chi connectivity index (χ2v) is 3.37. The first-order chi connectivity index (χ1) is 6.83. The SMILES string of the molecule is Nc1cc(Cl)cc(CCl)c1OC(F)(F)F. The third-order valence-electron chi connectivity index (χ3n) is 1.52. The van der Waals surface area contributed by atoms with Gasteiger partial charge in [-0.3, -0.25) is 0 Å². The van der Waals surface area contributed by atoms with E-state index in [9.17, 15) is 13.2 Å². The summed E-state index contributed by atoms with van der Waals surface area (Å²) in [7, 11) is 0. The summed E-state index contributed by atoms with van der Waals surface area (Å²) in [6.07, 6.45) is -4.80. The summed E-state index contributed by atoms with van der Waals surface area (Å²) in [4.78, 5) is 0. The maximum Gasteiger partial charge on any atom is 0.573 e. The second kappa shape index (κ2) is 4.37. The zero-order chi connectivity index (χ0) is 11.6. The Morgan fingerprint density at radius 3 is 2.40 bits per heavy atom. The highest BCUT2D eigenvalue weighted by Crippen LogP contribution is 2.35. The van der Waals surface area contributed by atoms with Crippen molar-refractivity contribution in [3.63, 3.8) is 0 Å². The van der Waals surface area contributed by atoms with Crippen molar-refractivity contribution in [1.29, 1.82) is 0 Å². The van der Waals surface area contributed by atoms with Crippen molar-refractivity contribution >= 4 is 28.9 Å². The molecular formula is C8H6Cl2F3NO. The lowest BCUT2D eigenvalue weighted by Gasteiger charge is -2.14. The van der Waals surface area contributed by atoms with Gasteiger partial charge in [-0.15, -0.1) is 24.8 Å². The van der Waals surface area contributed by atoms with Crippen molar-refractivity contribution < 1.29 is 17.9 Å². The molecule has 0 bridgehead atoms. The Morgan fingerprint density at radius 2 is 1.93 bits per heavy atom. The Balaban J connectivity index is 3.15. The number of ether oxygens (including phenoxy) is 1. The van der Waals surface area contributed by atoms with E-state index in [2.05, 4.69) is 4.74 Å². The van der Waals surface area contributed by atoms with Gasteiger partial charge in [0.05, 0.1) is 11.6 Å². The van der Waals surface area contributed by atoms with Crippen LogP contribution in [-0.2, 0) is 5.88 Å². The molecule has 7 heteroatoms. The third-order valence-corrected chi connectivity index (χ3v) is 2.03. The zero-order valence-corrected chi connectivity index (χ0v) is 8.75. The van der Waals surface area contributed by atoms with Crippen LogP contribution in [0.1, 0.15) is 5.56 Å². The number of anilines is 1. The third kappa shape index (κ3) is 3.35. The van der Waals surface area contributed by atoms with Gasteiger partial charge in [-0.25, -0.2) is 0 Å². The van der Waals surface area contributed by atoms with Gasteiger partial charge in [-0.05, 0) is 12.1 Å². The van der Waals surface area contributed by atoms with E-state index < -0.39 is 12.1 Å². The largest absolute Gasteiger partial charge is 0.573 e. The minimum Gasteiger partial charge on any atom is -0.403 e.